The molecule has 0 N–H and O–H groups in total. The van der Waals surface area contributed by atoms with E-state index in [1.54, 1.807) is 0 Å². The molecule has 0 spiro atoms. The number of furan rings is 2. The van der Waals surface area contributed by atoms with Gasteiger partial charge < -0.3 is 0 Å². The standard InChI is InChI=1S/C74H42N4O3.Pt/c1-3-13-45(14-4-1)51-37-57-47-25-29-69-61(33-47)63-35-49(27-31-71(63)80-69)59-39-52(46-15-5-2-6-16-46)40-60-50-28-32-72-64(36-50)62-34-48(26-30-70(62)81-72)58(38-51)73(57)77-43-75(65-21-7-9-23-67(65)77)53-17-11-19-55(41-53)79-56-20-12-18-54(42-56)76-44-78(74(59)60)68-24-10-8-22-66(68)76;/h1-42H;. The molecule has 0 fully saturated rings. The summed E-state index contributed by atoms with van der Waals surface area (Å²) < 4.78 is 23.1. The molecule has 0 saturated carbocycles. The third kappa shape index (κ3) is 6.34. The van der Waals surface area contributed by atoms with Crippen molar-refractivity contribution in [3.05, 3.63) is 255 Å². The second-order valence-electron chi connectivity index (χ2n) is 21.6. The summed E-state index contributed by atoms with van der Waals surface area (Å²) in [5.74, 6) is 1.52. The molecule has 19 rings (SSSR count). The van der Waals surface area contributed by atoms with Crippen LogP contribution in [0.4, 0.5) is 45.5 Å². The zero-order valence-corrected chi connectivity index (χ0v) is 45.9. The summed E-state index contributed by atoms with van der Waals surface area (Å²) in [7, 11) is 0. The van der Waals surface area contributed by atoms with E-state index < -0.39 is 17.6 Å². The molecule has 0 atom stereocenters. The van der Waals surface area contributed by atoms with Crippen LogP contribution >= 0.6 is 0 Å². The summed E-state index contributed by atoms with van der Waals surface area (Å²) in [6.07, 6.45) is 0. The topological polar surface area (TPSA) is 48.5 Å². The Morgan fingerprint density at radius 2 is 0.598 bits per heavy atom. The minimum absolute atomic E-state index is 0.762. The SMILES string of the molecule is c1ccc(-c2cc3c4c(c2)-c2ccc5oc6ccc(cc6c5c2)-c2cc(-c5ccccc5)cc(c2N2[C]5=[Pt]=[C]6N(c7cccc(c7)Oc7cccc(c7)N5c5ccccc52)c2ccccc2N64)-c2ccc4oc5ccc-3cc5c4c2)cc1. The van der Waals surface area contributed by atoms with Gasteiger partial charge in [0.15, 0.2) is 0 Å². The Kier molecular flexibility index (Phi) is 9.02. The van der Waals surface area contributed by atoms with Crippen molar-refractivity contribution in [3.8, 4) is 78.3 Å². The van der Waals surface area contributed by atoms with Gasteiger partial charge in [0.2, 0.25) is 0 Å². The number of hydrogen-bond acceptors (Lipinski definition) is 7. The van der Waals surface area contributed by atoms with Crippen molar-refractivity contribution in [2.45, 2.75) is 0 Å². The first-order chi connectivity index (χ1) is 40.6. The van der Waals surface area contributed by atoms with E-state index in [9.17, 15) is 0 Å². The van der Waals surface area contributed by atoms with Crippen LogP contribution in [0.5, 0.6) is 11.5 Å². The van der Waals surface area contributed by atoms with Gasteiger partial charge in [-0.25, -0.2) is 0 Å². The zero-order valence-electron chi connectivity index (χ0n) is 43.6. The average Bonchev–Trinajstić information content (AvgIpc) is 3.40. The van der Waals surface area contributed by atoms with Gasteiger partial charge >= 0.3 is 482 Å². The van der Waals surface area contributed by atoms with E-state index >= 15 is 0 Å². The molecule has 386 valence electrons. The van der Waals surface area contributed by atoms with E-state index in [2.05, 4.69) is 274 Å². The number of rotatable bonds is 2. The summed E-state index contributed by atoms with van der Waals surface area (Å²) >= 11 is -1.30. The number of para-hydroxylation sites is 4. The third-order valence-corrected chi connectivity index (χ3v) is 20.1. The molecule has 16 bridgehead atoms. The van der Waals surface area contributed by atoms with Crippen molar-refractivity contribution >= 4 is 97.7 Å². The maximum absolute atomic E-state index is 6.97. The molecule has 2 aromatic heterocycles. The Balaban J connectivity index is 1.10. The first kappa shape index (κ1) is 44.5. The Hall–Kier alpha value is -10.3. The fourth-order valence-electron chi connectivity index (χ4n) is 13.3. The zero-order chi connectivity index (χ0) is 53.3. The van der Waals surface area contributed by atoms with Crippen LogP contribution in [0.3, 0.4) is 0 Å². The Labute approximate surface area is 478 Å². The van der Waals surface area contributed by atoms with Crippen LogP contribution in [0.2, 0.25) is 0 Å². The van der Waals surface area contributed by atoms with Crippen molar-refractivity contribution in [1.29, 1.82) is 0 Å². The predicted octanol–water partition coefficient (Wildman–Crippen LogP) is 19.8. The van der Waals surface area contributed by atoms with Crippen molar-refractivity contribution in [1.82, 2.24) is 0 Å². The summed E-state index contributed by atoms with van der Waals surface area (Å²) in [5, 5.41) is 4.22. The number of ether oxygens (including phenoxy) is 1. The maximum atomic E-state index is 6.97. The second-order valence-corrected chi connectivity index (χ2v) is 24.2. The van der Waals surface area contributed by atoms with Gasteiger partial charge in [0, 0.05) is 0 Å². The minimum atomic E-state index is -1.30. The van der Waals surface area contributed by atoms with Gasteiger partial charge in [0.05, 0.1) is 0 Å². The number of fused-ring (bicyclic) bond motifs is 18. The Morgan fingerprint density at radius 3 is 0.963 bits per heavy atom. The van der Waals surface area contributed by atoms with E-state index in [-0.39, 0.29) is 0 Å². The fourth-order valence-corrected chi connectivity index (χ4v) is 17.0. The first-order valence-corrected chi connectivity index (χ1v) is 29.9. The van der Waals surface area contributed by atoms with Gasteiger partial charge in [-0.3, -0.25) is 0 Å². The number of hydrogen-bond donors (Lipinski definition) is 0. The van der Waals surface area contributed by atoms with Crippen LogP contribution in [-0.2, 0) is 17.6 Å². The van der Waals surface area contributed by atoms with Gasteiger partial charge in [-0.1, -0.05) is 0 Å². The van der Waals surface area contributed by atoms with Crippen molar-refractivity contribution in [2.24, 2.45) is 0 Å². The van der Waals surface area contributed by atoms with Crippen LogP contribution in [0.25, 0.3) is 111 Å². The van der Waals surface area contributed by atoms with Gasteiger partial charge in [-0.2, -0.15) is 0 Å². The summed E-state index contributed by atoms with van der Waals surface area (Å²) in [4.78, 5) is 10.3. The molecule has 82 heavy (non-hydrogen) atoms. The molecule has 0 unspecified atom stereocenters. The molecule has 5 aliphatic rings. The molecule has 14 aromatic rings. The molecular weight excluding hydrogens is 1190 g/mol. The van der Waals surface area contributed by atoms with E-state index in [1.165, 1.54) is 0 Å². The fraction of sp³-hybridized carbons (Fsp3) is 0. The van der Waals surface area contributed by atoms with Crippen LogP contribution < -0.4 is 24.3 Å². The van der Waals surface area contributed by atoms with Crippen LogP contribution in [0, 0.1) is 0 Å². The Morgan fingerprint density at radius 1 is 0.256 bits per heavy atom. The van der Waals surface area contributed by atoms with Crippen LogP contribution in [0.15, 0.2) is 264 Å². The van der Waals surface area contributed by atoms with E-state index in [0.717, 1.165) is 176 Å². The first-order valence-electron chi connectivity index (χ1n) is 27.6. The van der Waals surface area contributed by atoms with E-state index in [0.29, 0.717) is 0 Å². The monoisotopic (exact) mass is 1230 g/mol. The summed E-state index contributed by atoms with van der Waals surface area (Å²) in [6, 6.07) is 93.9. The van der Waals surface area contributed by atoms with Gasteiger partial charge in [-0.05, 0) is 0 Å². The average molecular weight is 1230 g/mol. The van der Waals surface area contributed by atoms with Gasteiger partial charge in [0.1, 0.15) is 0 Å². The van der Waals surface area contributed by atoms with Crippen molar-refractivity contribution < 1.29 is 31.2 Å². The molecule has 0 aliphatic carbocycles. The second kappa shape index (κ2) is 16.6. The van der Waals surface area contributed by atoms with E-state index in [1.807, 2.05) is 0 Å². The molecule has 0 radical (unpaired) electrons. The number of anilines is 8. The molecule has 7 heterocycles. The quantitative estimate of drug-likeness (QED) is 0.171. The van der Waals surface area contributed by atoms with Crippen molar-refractivity contribution in [3.63, 3.8) is 0 Å². The third-order valence-electron chi connectivity index (χ3n) is 17.0. The normalized spacial score (nSPS) is 14.1. The summed E-state index contributed by atoms with van der Waals surface area (Å²) in [6.45, 7) is 0. The molecule has 0 amide bonds. The van der Waals surface area contributed by atoms with Gasteiger partial charge in [0.25, 0.3) is 0 Å². The van der Waals surface area contributed by atoms with Crippen molar-refractivity contribution in [2.75, 3.05) is 19.6 Å². The molecule has 5 aliphatic heterocycles. The van der Waals surface area contributed by atoms with E-state index in [4.69, 9.17) is 13.6 Å². The van der Waals surface area contributed by atoms with Crippen LogP contribution in [0.1, 0.15) is 0 Å². The summed E-state index contributed by atoms with van der Waals surface area (Å²) in [5.41, 5.74) is 25.1. The molecule has 8 heteroatoms. The Bertz CT molecular complexity index is 4750. The number of benzene rings is 12. The molecule has 7 nitrogen and oxygen atoms in total. The number of nitrogens with zero attached hydrogens (tertiary/aromatic N) is 4. The van der Waals surface area contributed by atoms with Crippen LogP contribution in [-0.4, -0.2) is 8.29 Å². The van der Waals surface area contributed by atoms with Gasteiger partial charge in [-0.15, -0.1) is 0 Å². The predicted molar refractivity (Wildman–Crippen MR) is 332 cm³/mol. The molecular formula is C74H42N4O3Pt. The molecule has 0 saturated heterocycles. The molecule has 12 aromatic carbocycles.